The van der Waals surface area contributed by atoms with Crippen molar-refractivity contribution in [3.63, 3.8) is 0 Å². The molecular weight excluding hydrogens is 332 g/mol. The van der Waals surface area contributed by atoms with Crippen molar-refractivity contribution < 1.29 is 0 Å². The smallest absolute Gasteiger partial charge is 0.0600 e. The van der Waals surface area contributed by atoms with Crippen LogP contribution in [0.5, 0.6) is 0 Å². The van der Waals surface area contributed by atoms with Crippen LogP contribution < -0.4 is 0 Å². The van der Waals surface area contributed by atoms with Crippen LogP contribution in [0.15, 0.2) is 65.1 Å². The molecule has 0 spiro atoms. The third-order valence-electron chi connectivity index (χ3n) is 4.96. The third-order valence-corrected chi connectivity index (χ3v) is 10.4. The molecule has 0 N–H and O–H groups in total. The van der Waals surface area contributed by atoms with E-state index >= 15 is 0 Å². The summed E-state index contributed by atoms with van der Waals surface area (Å²) in [7, 11) is -2.46. The first-order valence-electron chi connectivity index (χ1n) is 9.28. The molecule has 1 aromatic rings. The molecule has 1 atom stereocenters. The highest BCUT2D eigenvalue weighted by Gasteiger charge is 2.40. The maximum Gasteiger partial charge on any atom is 0.0600 e. The molecule has 1 aromatic carbocycles. The summed E-state index contributed by atoms with van der Waals surface area (Å²) < 4.78 is 0. The van der Waals surface area contributed by atoms with Gasteiger partial charge in [-0.05, 0) is 61.6 Å². The maximum atomic E-state index is 5.54. The van der Waals surface area contributed by atoms with Crippen molar-refractivity contribution in [1.82, 2.24) is 0 Å². The molecule has 26 heavy (non-hydrogen) atoms. The molecule has 0 aliphatic carbocycles. The molecular formula is C25H34S. The van der Waals surface area contributed by atoms with E-state index in [1.807, 2.05) is 6.08 Å². The molecule has 0 aromatic heterocycles. The predicted molar refractivity (Wildman–Crippen MR) is 124 cm³/mol. The van der Waals surface area contributed by atoms with Gasteiger partial charge in [-0.1, -0.05) is 66.8 Å². The molecule has 0 radical (unpaired) electrons. The van der Waals surface area contributed by atoms with E-state index in [1.165, 1.54) is 16.0 Å². The van der Waals surface area contributed by atoms with Crippen LogP contribution in [-0.2, 0) is 0 Å². The average molecular weight is 367 g/mol. The summed E-state index contributed by atoms with van der Waals surface area (Å²) in [6, 6.07) is 8.94. The van der Waals surface area contributed by atoms with Gasteiger partial charge in [0.2, 0.25) is 0 Å². The Labute approximate surface area is 161 Å². The lowest BCUT2D eigenvalue weighted by molar-refractivity contribution is 1.24. The van der Waals surface area contributed by atoms with Gasteiger partial charge in [0.1, 0.15) is 0 Å². The van der Waals surface area contributed by atoms with Crippen molar-refractivity contribution >= 4 is 9.16 Å². The third kappa shape index (κ3) is 5.20. The van der Waals surface area contributed by atoms with Gasteiger partial charge in [-0.3, -0.25) is 0 Å². The molecule has 0 aliphatic heterocycles. The first-order chi connectivity index (χ1) is 12.3. The average Bonchev–Trinajstić information content (AvgIpc) is 2.61. The Morgan fingerprint density at radius 1 is 1.27 bits per heavy atom. The van der Waals surface area contributed by atoms with E-state index in [2.05, 4.69) is 107 Å². The molecule has 1 heteroatoms. The van der Waals surface area contributed by atoms with Gasteiger partial charge in [0.15, 0.2) is 0 Å². The van der Waals surface area contributed by atoms with Crippen LogP contribution >= 0.6 is 9.16 Å². The lowest BCUT2D eigenvalue weighted by Crippen LogP contribution is -2.31. The Hall–Kier alpha value is -2.09. The zero-order valence-electron chi connectivity index (χ0n) is 17.2. The summed E-state index contributed by atoms with van der Waals surface area (Å²) >= 11 is 0. The molecule has 0 nitrogen and oxygen atoms in total. The monoisotopic (exact) mass is 366 g/mol. The van der Waals surface area contributed by atoms with Gasteiger partial charge in [0.05, 0.1) is 5.25 Å². The number of benzene rings is 1. The van der Waals surface area contributed by atoms with Crippen LogP contribution in [0.25, 0.3) is 0 Å². The van der Waals surface area contributed by atoms with E-state index in [4.69, 9.17) is 6.42 Å². The van der Waals surface area contributed by atoms with Crippen LogP contribution in [-0.4, -0.2) is 23.5 Å². The standard InChI is InChI=1S/C25H34S/c1-8-12-17-24(18-13-9-2)26(6,7,21-23(11-4)15-10-3)25-19-14-16-22(5)20-25/h1,10-12,14-17,19-20,24,26H,9,21H2,2-7H3/b15-10-,17-12-,23-11+/t24-/m1/s1. The molecule has 0 aliphatic rings. The van der Waals surface area contributed by atoms with Crippen molar-refractivity contribution in [2.24, 2.45) is 0 Å². The van der Waals surface area contributed by atoms with Crippen LogP contribution in [0.3, 0.4) is 0 Å². The second kappa shape index (κ2) is 9.56. The van der Waals surface area contributed by atoms with Crippen molar-refractivity contribution in [3.05, 3.63) is 65.8 Å². The Morgan fingerprint density at radius 2 is 2.00 bits per heavy atom. The summed E-state index contributed by atoms with van der Waals surface area (Å²) in [6.07, 6.45) is 21.8. The van der Waals surface area contributed by atoms with Crippen LogP contribution in [0.4, 0.5) is 0 Å². The van der Waals surface area contributed by atoms with Gasteiger partial charge in [-0.2, -0.15) is 0 Å². The highest BCUT2D eigenvalue weighted by Crippen LogP contribution is 2.74. The summed E-state index contributed by atoms with van der Waals surface area (Å²) in [5, 5.41) is 0.138. The quantitative estimate of drug-likeness (QED) is 0.347. The van der Waals surface area contributed by atoms with Gasteiger partial charge in [-0.15, -0.1) is 12.3 Å². The normalized spacial score (nSPS) is 15.1. The van der Waals surface area contributed by atoms with Crippen molar-refractivity contribution in [1.29, 1.82) is 0 Å². The highest BCUT2D eigenvalue weighted by atomic mass is 32.3. The summed E-state index contributed by atoms with van der Waals surface area (Å²) in [4.78, 5) is 1.41. The Kier molecular flexibility index (Phi) is 8.08. The lowest BCUT2D eigenvalue weighted by atomic mass is 10.2. The first kappa shape index (κ1) is 22.0. The largest absolute Gasteiger partial charge is 0.249 e. The lowest BCUT2D eigenvalue weighted by Gasteiger charge is -2.59. The van der Waals surface area contributed by atoms with Gasteiger partial charge in [0.25, 0.3) is 0 Å². The van der Waals surface area contributed by atoms with Gasteiger partial charge in [0, 0.05) is 6.42 Å². The fourth-order valence-corrected chi connectivity index (χ4v) is 7.79. The van der Waals surface area contributed by atoms with Crippen LogP contribution in [0, 0.1) is 31.1 Å². The number of thiol groups is 1. The fraction of sp³-hybridized carbons (Fsp3) is 0.360. The van der Waals surface area contributed by atoms with Crippen molar-refractivity contribution in [2.45, 2.75) is 44.3 Å². The van der Waals surface area contributed by atoms with E-state index in [0.717, 1.165) is 12.2 Å². The summed E-state index contributed by atoms with van der Waals surface area (Å²) in [5.74, 6) is 10.5. The minimum atomic E-state index is -2.46. The summed E-state index contributed by atoms with van der Waals surface area (Å²) in [5.41, 5.74) is 2.64. The number of rotatable bonds is 6. The number of aryl methyl sites for hydroxylation is 1. The number of hydrogen-bond acceptors (Lipinski definition) is 0. The minimum absolute atomic E-state index is 0.138. The zero-order chi connectivity index (χ0) is 19.7. The van der Waals surface area contributed by atoms with Gasteiger partial charge in [-0.25, -0.2) is 9.16 Å². The van der Waals surface area contributed by atoms with Gasteiger partial charge >= 0.3 is 0 Å². The van der Waals surface area contributed by atoms with Crippen molar-refractivity contribution in [3.8, 4) is 24.2 Å². The molecule has 0 fully saturated rings. The molecule has 0 unspecified atom stereocenters. The Bertz CT molecular complexity index is 801. The second-order valence-electron chi connectivity index (χ2n) is 7.52. The number of allylic oxidation sites excluding steroid dienone is 4. The SMILES string of the molecule is C#C/C=C\[C@H](C#CCC)[SH](C)(C)(CC(/C=C\C)=C/C)c1cccc(C)c1. The molecule has 1 rings (SSSR count). The Morgan fingerprint density at radius 3 is 2.54 bits per heavy atom. The van der Waals surface area contributed by atoms with E-state index in [9.17, 15) is 0 Å². The molecule has 0 saturated heterocycles. The number of terminal acetylenes is 1. The molecule has 140 valence electrons. The molecule has 0 saturated carbocycles. The number of hydrogen-bond donors (Lipinski definition) is 1. The van der Waals surface area contributed by atoms with Crippen LogP contribution in [0.1, 0.15) is 32.8 Å². The fourth-order valence-electron chi connectivity index (χ4n) is 3.34. The molecule has 0 amide bonds. The Balaban J connectivity index is 3.73. The minimum Gasteiger partial charge on any atom is -0.249 e. The first-order valence-corrected chi connectivity index (χ1v) is 12.7. The molecule has 0 bridgehead atoms. The van der Waals surface area contributed by atoms with E-state index in [1.54, 1.807) is 0 Å². The van der Waals surface area contributed by atoms with Gasteiger partial charge < -0.3 is 0 Å². The topological polar surface area (TPSA) is 0 Å². The van der Waals surface area contributed by atoms with E-state index in [-0.39, 0.29) is 5.25 Å². The predicted octanol–water partition coefficient (Wildman–Crippen LogP) is 6.18. The second-order valence-corrected chi connectivity index (χ2v) is 13.9. The zero-order valence-corrected chi connectivity index (χ0v) is 18.1. The van der Waals surface area contributed by atoms with E-state index in [0.29, 0.717) is 0 Å². The van der Waals surface area contributed by atoms with Crippen molar-refractivity contribution in [2.75, 3.05) is 18.3 Å². The van der Waals surface area contributed by atoms with E-state index < -0.39 is 9.16 Å². The maximum absolute atomic E-state index is 5.54. The summed E-state index contributed by atoms with van der Waals surface area (Å²) in [6.45, 7) is 8.45. The molecule has 0 heterocycles. The van der Waals surface area contributed by atoms with Crippen LogP contribution in [0.2, 0.25) is 0 Å². The highest BCUT2D eigenvalue weighted by molar-refractivity contribution is 8.49.